The molecule has 1 fully saturated rings. The normalized spacial score (nSPS) is 20.3. The average Bonchev–Trinajstić information content (AvgIpc) is 3.15. The van der Waals surface area contributed by atoms with E-state index >= 15 is 0 Å². The van der Waals surface area contributed by atoms with Crippen molar-refractivity contribution in [1.82, 2.24) is 9.80 Å². The molecule has 3 heterocycles. The Morgan fingerprint density at radius 1 is 1.15 bits per heavy atom. The van der Waals surface area contributed by atoms with Crippen molar-refractivity contribution in [1.29, 1.82) is 0 Å². The van der Waals surface area contributed by atoms with Gasteiger partial charge in [-0.15, -0.1) is 0 Å². The van der Waals surface area contributed by atoms with Crippen LogP contribution in [0.25, 0.3) is 0 Å². The summed E-state index contributed by atoms with van der Waals surface area (Å²) in [5.74, 6) is 0.00783. The summed E-state index contributed by atoms with van der Waals surface area (Å²) in [6, 6.07) is 8.94. The number of hydrogen-bond acceptors (Lipinski definition) is 5. The molecule has 1 aromatic heterocycles. The lowest BCUT2D eigenvalue weighted by molar-refractivity contribution is -0.122. The highest BCUT2D eigenvalue weighted by atomic mass is 16.5. The Morgan fingerprint density at radius 3 is 2.63 bits per heavy atom. The number of rotatable bonds is 4. The summed E-state index contributed by atoms with van der Waals surface area (Å²) in [5, 5.41) is 0. The van der Waals surface area contributed by atoms with Gasteiger partial charge in [0.05, 0.1) is 25.3 Å². The molecule has 2 amide bonds. The van der Waals surface area contributed by atoms with Crippen molar-refractivity contribution in [2.45, 2.75) is 25.6 Å². The van der Waals surface area contributed by atoms with E-state index in [0.29, 0.717) is 38.3 Å². The van der Waals surface area contributed by atoms with Gasteiger partial charge >= 0.3 is 0 Å². The molecule has 7 nitrogen and oxygen atoms in total. The molecule has 0 aliphatic carbocycles. The summed E-state index contributed by atoms with van der Waals surface area (Å²) in [6.07, 6.45) is 1.91. The van der Waals surface area contributed by atoms with E-state index in [1.54, 1.807) is 11.0 Å². The van der Waals surface area contributed by atoms with Gasteiger partial charge < -0.3 is 19.8 Å². The van der Waals surface area contributed by atoms with Crippen molar-refractivity contribution in [3.05, 3.63) is 59.0 Å². The zero-order valence-corrected chi connectivity index (χ0v) is 15.1. The van der Waals surface area contributed by atoms with Crippen LogP contribution in [0.5, 0.6) is 0 Å². The number of hydrogen-bond donors (Lipinski definition) is 1. The highest BCUT2D eigenvalue weighted by Gasteiger charge is 2.34. The van der Waals surface area contributed by atoms with Crippen LogP contribution in [0.1, 0.15) is 27.2 Å². The Morgan fingerprint density at radius 2 is 1.89 bits per heavy atom. The molecule has 2 aromatic rings. The number of furan rings is 1. The smallest absolute Gasteiger partial charge is 0.258 e. The fraction of sp³-hybridized carbons (Fsp3) is 0.400. The van der Waals surface area contributed by atoms with Gasteiger partial charge in [0.25, 0.3) is 5.91 Å². The second kappa shape index (κ2) is 7.54. The number of carbonyl (C=O) groups excluding carboxylic acids is 2. The zero-order valence-electron chi connectivity index (χ0n) is 15.1. The maximum atomic E-state index is 13.1. The lowest BCUT2D eigenvalue weighted by Gasteiger charge is -2.34. The van der Waals surface area contributed by atoms with E-state index in [1.807, 2.05) is 24.3 Å². The SMILES string of the molecule is NC(=O)[C@@H]1Cc2ccccc2CN1C(=O)c1coc(CN2CCOCC2)c1. The molecule has 1 aromatic carbocycles. The molecule has 2 N–H and O–H groups in total. The first kappa shape index (κ1) is 17.8. The van der Waals surface area contributed by atoms with Crippen molar-refractivity contribution < 1.29 is 18.7 Å². The molecule has 27 heavy (non-hydrogen) atoms. The monoisotopic (exact) mass is 369 g/mol. The lowest BCUT2D eigenvalue weighted by atomic mass is 9.93. The molecular weight excluding hydrogens is 346 g/mol. The van der Waals surface area contributed by atoms with Crippen molar-refractivity contribution >= 4 is 11.8 Å². The highest BCUT2D eigenvalue weighted by Crippen LogP contribution is 2.25. The Labute approximate surface area is 157 Å². The fourth-order valence-electron chi connectivity index (χ4n) is 3.71. The minimum Gasteiger partial charge on any atom is -0.467 e. The van der Waals surface area contributed by atoms with Gasteiger partial charge in [-0.2, -0.15) is 0 Å². The molecule has 1 atom stereocenters. The van der Waals surface area contributed by atoms with Gasteiger partial charge in [0.2, 0.25) is 5.91 Å². The summed E-state index contributed by atoms with van der Waals surface area (Å²) in [7, 11) is 0. The van der Waals surface area contributed by atoms with E-state index in [-0.39, 0.29) is 5.91 Å². The number of nitrogens with zero attached hydrogens (tertiary/aromatic N) is 2. The zero-order chi connectivity index (χ0) is 18.8. The van der Waals surface area contributed by atoms with Gasteiger partial charge in [0.1, 0.15) is 18.1 Å². The van der Waals surface area contributed by atoms with Crippen LogP contribution >= 0.6 is 0 Å². The van der Waals surface area contributed by atoms with Gasteiger partial charge in [-0.05, 0) is 17.2 Å². The van der Waals surface area contributed by atoms with Crippen molar-refractivity contribution in [3.8, 4) is 0 Å². The maximum Gasteiger partial charge on any atom is 0.258 e. The molecule has 0 bridgehead atoms. The quantitative estimate of drug-likeness (QED) is 0.874. The predicted molar refractivity (Wildman–Crippen MR) is 97.8 cm³/mol. The minimum atomic E-state index is -0.648. The van der Waals surface area contributed by atoms with Gasteiger partial charge in [-0.3, -0.25) is 14.5 Å². The van der Waals surface area contributed by atoms with E-state index in [9.17, 15) is 9.59 Å². The number of morpholine rings is 1. The molecular formula is C20H23N3O4. The molecule has 0 unspecified atom stereocenters. The molecule has 0 spiro atoms. The number of ether oxygens (including phenoxy) is 1. The fourth-order valence-corrected chi connectivity index (χ4v) is 3.71. The van der Waals surface area contributed by atoms with Crippen LogP contribution in [0.3, 0.4) is 0 Å². The van der Waals surface area contributed by atoms with Crippen LogP contribution < -0.4 is 5.73 Å². The van der Waals surface area contributed by atoms with E-state index < -0.39 is 11.9 Å². The van der Waals surface area contributed by atoms with Crippen molar-refractivity contribution in [3.63, 3.8) is 0 Å². The Hall–Kier alpha value is -2.64. The van der Waals surface area contributed by atoms with Crippen molar-refractivity contribution in [2.24, 2.45) is 5.73 Å². The standard InChI is InChI=1S/C20H23N3O4/c21-19(24)18-10-14-3-1-2-4-15(14)11-23(18)20(25)16-9-17(27-13-16)12-22-5-7-26-8-6-22/h1-4,9,13,18H,5-8,10-12H2,(H2,21,24)/t18-/m0/s1. The topological polar surface area (TPSA) is 89.0 Å². The summed E-state index contributed by atoms with van der Waals surface area (Å²) in [4.78, 5) is 28.8. The molecule has 4 rings (SSSR count). The first-order valence-corrected chi connectivity index (χ1v) is 9.16. The summed E-state index contributed by atoms with van der Waals surface area (Å²) < 4.78 is 10.9. The molecule has 2 aliphatic rings. The number of nitrogens with two attached hydrogens (primary N) is 1. The number of fused-ring (bicyclic) bond motifs is 1. The molecule has 142 valence electrons. The lowest BCUT2D eigenvalue weighted by Crippen LogP contribution is -2.51. The van der Waals surface area contributed by atoms with Crippen LogP contribution in [-0.4, -0.2) is 54.0 Å². The first-order valence-electron chi connectivity index (χ1n) is 9.16. The summed E-state index contributed by atoms with van der Waals surface area (Å²) in [5.41, 5.74) is 8.14. The van der Waals surface area contributed by atoms with Crippen LogP contribution in [0.4, 0.5) is 0 Å². The second-order valence-corrected chi connectivity index (χ2v) is 7.01. The number of carbonyl (C=O) groups is 2. The van der Waals surface area contributed by atoms with Crippen molar-refractivity contribution in [2.75, 3.05) is 26.3 Å². The summed E-state index contributed by atoms with van der Waals surface area (Å²) in [6.45, 7) is 4.11. The Kier molecular flexibility index (Phi) is 4.96. The van der Waals surface area contributed by atoms with Crippen LogP contribution in [-0.2, 0) is 29.0 Å². The molecule has 0 saturated carbocycles. The van der Waals surface area contributed by atoms with Gasteiger partial charge in [-0.25, -0.2) is 0 Å². The largest absolute Gasteiger partial charge is 0.467 e. The number of primary amides is 1. The molecule has 7 heteroatoms. The second-order valence-electron chi connectivity index (χ2n) is 7.01. The van der Waals surface area contributed by atoms with Gasteiger partial charge in [0, 0.05) is 26.1 Å². The Balaban J connectivity index is 1.52. The van der Waals surface area contributed by atoms with E-state index in [4.69, 9.17) is 14.9 Å². The van der Waals surface area contributed by atoms with Gasteiger partial charge in [-0.1, -0.05) is 24.3 Å². The van der Waals surface area contributed by atoms with Crippen LogP contribution in [0.2, 0.25) is 0 Å². The number of amides is 2. The van der Waals surface area contributed by atoms with E-state index in [0.717, 1.165) is 30.0 Å². The minimum absolute atomic E-state index is 0.231. The molecule has 2 aliphatic heterocycles. The van der Waals surface area contributed by atoms with Crippen LogP contribution in [0.15, 0.2) is 41.0 Å². The average molecular weight is 369 g/mol. The van der Waals surface area contributed by atoms with Gasteiger partial charge in [0.15, 0.2) is 0 Å². The third-order valence-electron chi connectivity index (χ3n) is 5.22. The number of benzene rings is 1. The third kappa shape index (κ3) is 3.74. The highest BCUT2D eigenvalue weighted by molar-refractivity contribution is 5.97. The molecule has 1 saturated heterocycles. The maximum absolute atomic E-state index is 13.1. The van der Waals surface area contributed by atoms with Crippen LogP contribution in [0, 0.1) is 0 Å². The first-order chi connectivity index (χ1) is 13.1. The summed E-state index contributed by atoms with van der Waals surface area (Å²) >= 11 is 0. The van der Waals surface area contributed by atoms with E-state index in [1.165, 1.54) is 6.26 Å². The van der Waals surface area contributed by atoms with E-state index in [2.05, 4.69) is 4.90 Å². The third-order valence-corrected chi connectivity index (χ3v) is 5.22. The molecule has 0 radical (unpaired) electrons. The Bertz CT molecular complexity index is 841. The predicted octanol–water partition coefficient (Wildman–Crippen LogP) is 1.16.